The Morgan fingerprint density at radius 3 is 3.09 bits per heavy atom. The van der Waals surface area contributed by atoms with Gasteiger partial charge in [-0.15, -0.1) is 0 Å². The molecule has 0 bridgehead atoms. The van der Waals surface area contributed by atoms with E-state index in [4.69, 9.17) is 9.47 Å². The first-order valence-corrected chi connectivity index (χ1v) is 7.73. The second kappa shape index (κ2) is 5.88. The molecule has 1 atom stereocenters. The molecule has 22 heavy (non-hydrogen) atoms. The number of hydrogen-bond acceptors (Lipinski definition) is 5. The maximum Gasteiger partial charge on any atom is 0.161 e. The van der Waals surface area contributed by atoms with Crippen LogP contribution in [0, 0.1) is 5.92 Å². The molecule has 0 radical (unpaired) electrons. The number of nitrogens with zero attached hydrogens (tertiary/aromatic N) is 2. The lowest BCUT2D eigenvalue weighted by Crippen LogP contribution is -2.35. The molecule has 116 valence electrons. The van der Waals surface area contributed by atoms with Gasteiger partial charge < -0.3 is 20.1 Å². The Morgan fingerprint density at radius 2 is 2.14 bits per heavy atom. The van der Waals surface area contributed by atoms with Gasteiger partial charge in [0, 0.05) is 38.2 Å². The Morgan fingerprint density at radius 1 is 1.23 bits per heavy atom. The van der Waals surface area contributed by atoms with Gasteiger partial charge in [0.25, 0.3) is 0 Å². The van der Waals surface area contributed by atoms with Gasteiger partial charge in [0.2, 0.25) is 0 Å². The van der Waals surface area contributed by atoms with Crippen LogP contribution in [-0.2, 0) is 13.1 Å². The number of ether oxygens (including phenoxy) is 2. The van der Waals surface area contributed by atoms with Crippen molar-refractivity contribution in [2.24, 2.45) is 5.92 Å². The van der Waals surface area contributed by atoms with Gasteiger partial charge in [0.15, 0.2) is 11.5 Å². The summed E-state index contributed by atoms with van der Waals surface area (Å²) in [5, 5.41) is 11.2. The highest BCUT2D eigenvalue weighted by molar-refractivity contribution is 5.43. The third-order valence-electron chi connectivity index (χ3n) is 4.09. The first kappa shape index (κ1) is 13.5. The third-order valence-corrected chi connectivity index (χ3v) is 4.09. The first-order valence-electron chi connectivity index (χ1n) is 7.73. The number of anilines is 1. The van der Waals surface area contributed by atoms with Gasteiger partial charge >= 0.3 is 0 Å². The lowest BCUT2D eigenvalue weighted by atomic mass is 10.1. The maximum absolute atomic E-state index is 5.62. The maximum atomic E-state index is 5.62. The molecular formula is C16H20N4O2. The minimum absolute atomic E-state index is 0.546. The van der Waals surface area contributed by atoms with Gasteiger partial charge in [0.05, 0.1) is 6.20 Å². The van der Waals surface area contributed by atoms with E-state index in [9.17, 15) is 0 Å². The largest absolute Gasteiger partial charge is 0.486 e. The summed E-state index contributed by atoms with van der Waals surface area (Å²) in [4.78, 5) is 0. The zero-order valence-corrected chi connectivity index (χ0v) is 12.4. The molecule has 4 rings (SSSR count). The van der Waals surface area contributed by atoms with E-state index in [1.54, 1.807) is 0 Å². The summed E-state index contributed by atoms with van der Waals surface area (Å²) < 4.78 is 13.2. The normalized spacial score (nSPS) is 19.4. The van der Waals surface area contributed by atoms with Gasteiger partial charge in [-0.05, 0) is 17.7 Å². The Bertz CT molecular complexity index is 655. The fourth-order valence-electron chi connectivity index (χ4n) is 2.94. The van der Waals surface area contributed by atoms with Crippen LogP contribution in [0.5, 0.6) is 11.5 Å². The van der Waals surface area contributed by atoms with Crippen LogP contribution in [-0.4, -0.2) is 36.1 Å². The summed E-state index contributed by atoms with van der Waals surface area (Å²) in [5.74, 6) is 3.36. The van der Waals surface area contributed by atoms with Crippen LogP contribution in [0.15, 0.2) is 30.5 Å². The Labute approximate surface area is 129 Å². The highest BCUT2D eigenvalue weighted by Crippen LogP contribution is 2.30. The number of rotatable bonds is 4. The van der Waals surface area contributed by atoms with Gasteiger partial charge in [-0.3, -0.25) is 0 Å². The van der Waals surface area contributed by atoms with E-state index in [0.717, 1.165) is 43.5 Å². The average Bonchev–Trinajstić information content (AvgIpc) is 3.02. The molecule has 0 saturated carbocycles. The number of nitrogens with one attached hydrogen (secondary N) is 2. The van der Waals surface area contributed by atoms with Crippen molar-refractivity contribution in [2.75, 3.05) is 31.6 Å². The third kappa shape index (κ3) is 2.74. The standard InChI is InChI=1S/C16H20N4O2/c1-2-14-15(22-6-5-21-14)7-12(1)8-17-9-13-10-18-16-3-4-19-20(16)11-13/h1-4,7,13,17-18H,5-6,8-11H2. The summed E-state index contributed by atoms with van der Waals surface area (Å²) in [6.07, 6.45) is 1.84. The second-order valence-electron chi connectivity index (χ2n) is 5.75. The van der Waals surface area contributed by atoms with Crippen LogP contribution in [0.1, 0.15) is 5.56 Å². The molecule has 0 aliphatic carbocycles. The summed E-state index contributed by atoms with van der Waals surface area (Å²) >= 11 is 0. The highest BCUT2D eigenvalue weighted by atomic mass is 16.6. The Hall–Kier alpha value is -2.21. The van der Waals surface area contributed by atoms with Crippen molar-refractivity contribution in [3.05, 3.63) is 36.0 Å². The van der Waals surface area contributed by atoms with Crippen molar-refractivity contribution in [3.8, 4) is 11.5 Å². The van der Waals surface area contributed by atoms with Gasteiger partial charge in [-0.2, -0.15) is 5.10 Å². The number of benzene rings is 1. The SMILES string of the molecule is c1cc2n(n1)CC(CNCc1ccc3c(c1)OCCO3)CN2. The van der Waals surface area contributed by atoms with Crippen molar-refractivity contribution in [3.63, 3.8) is 0 Å². The molecule has 0 saturated heterocycles. The van der Waals surface area contributed by atoms with Crippen molar-refractivity contribution >= 4 is 5.82 Å². The molecule has 0 amide bonds. The molecule has 6 nitrogen and oxygen atoms in total. The van der Waals surface area contributed by atoms with E-state index in [0.29, 0.717) is 19.1 Å². The number of fused-ring (bicyclic) bond motifs is 2. The zero-order chi connectivity index (χ0) is 14.8. The van der Waals surface area contributed by atoms with Crippen LogP contribution in [0.4, 0.5) is 5.82 Å². The second-order valence-corrected chi connectivity index (χ2v) is 5.75. The minimum Gasteiger partial charge on any atom is -0.486 e. The Kier molecular flexibility index (Phi) is 3.60. The van der Waals surface area contributed by atoms with Gasteiger partial charge in [-0.25, -0.2) is 4.68 Å². The fourth-order valence-corrected chi connectivity index (χ4v) is 2.94. The van der Waals surface area contributed by atoms with Crippen LogP contribution in [0.25, 0.3) is 0 Å². The molecule has 1 aromatic carbocycles. The van der Waals surface area contributed by atoms with Crippen LogP contribution in [0.3, 0.4) is 0 Å². The molecule has 0 spiro atoms. The molecule has 2 aromatic rings. The van der Waals surface area contributed by atoms with Crippen LogP contribution < -0.4 is 20.1 Å². The van der Waals surface area contributed by atoms with E-state index < -0.39 is 0 Å². The molecule has 1 unspecified atom stereocenters. The predicted octanol–water partition coefficient (Wildman–Crippen LogP) is 1.49. The minimum atomic E-state index is 0.546. The molecule has 2 aliphatic rings. The molecule has 1 aromatic heterocycles. The van der Waals surface area contributed by atoms with E-state index in [2.05, 4.69) is 27.9 Å². The van der Waals surface area contributed by atoms with Gasteiger partial charge in [-0.1, -0.05) is 6.07 Å². The van der Waals surface area contributed by atoms with Crippen molar-refractivity contribution in [1.82, 2.24) is 15.1 Å². The smallest absolute Gasteiger partial charge is 0.161 e. The van der Waals surface area contributed by atoms with Gasteiger partial charge in [0.1, 0.15) is 19.0 Å². The zero-order valence-electron chi connectivity index (χ0n) is 12.4. The lowest BCUT2D eigenvalue weighted by molar-refractivity contribution is 0.171. The van der Waals surface area contributed by atoms with E-state index in [1.807, 2.05) is 23.0 Å². The summed E-state index contributed by atoms with van der Waals surface area (Å²) in [7, 11) is 0. The van der Waals surface area contributed by atoms with Crippen molar-refractivity contribution < 1.29 is 9.47 Å². The van der Waals surface area contributed by atoms with E-state index in [1.165, 1.54) is 5.56 Å². The quantitative estimate of drug-likeness (QED) is 0.896. The van der Waals surface area contributed by atoms with E-state index in [-0.39, 0.29) is 0 Å². The summed E-state index contributed by atoms with van der Waals surface area (Å²) in [6.45, 7) is 5.00. The monoisotopic (exact) mass is 300 g/mol. The molecule has 3 heterocycles. The predicted molar refractivity (Wildman–Crippen MR) is 83.3 cm³/mol. The van der Waals surface area contributed by atoms with Crippen molar-refractivity contribution in [1.29, 1.82) is 0 Å². The number of aromatic nitrogens is 2. The summed E-state index contributed by atoms with van der Waals surface area (Å²) in [6, 6.07) is 8.15. The Balaban J connectivity index is 1.30. The molecule has 0 fully saturated rings. The first-order chi connectivity index (χ1) is 10.9. The van der Waals surface area contributed by atoms with Crippen LogP contribution >= 0.6 is 0 Å². The average molecular weight is 300 g/mol. The van der Waals surface area contributed by atoms with Crippen molar-refractivity contribution in [2.45, 2.75) is 13.1 Å². The topological polar surface area (TPSA) is 60.3 Å². The molecule has 2 aliphatic heterocycles. The van der Waals surface area contributed by atoms with E-state index >= 15 is 0 Å². The molecule has 6 heteroatoms. The highest BCUT2D eigenvalue weighted by Gasteiger charge is 2.18. The lowest BCUT2D eigenvalue weighted by Gasteiger charge is -2.25. The molecule has 2 N–H and O–H groups in total. The molecular weight excluding hydrogens is 280 g/mol. The number of hydrogen-bond donors (Lipinski definition) is 2. The van der Waals surface area contributed by atoms with Crippen LogP contribution in [0.2, 0.25) is 0 Å². The summed E-state index contributed by atoms with van der Waals surface area (Å²) in [5.41, 5.74) is 1.22. The fraction of sp³-hybridized carbons (Fsp3) is 0.438.